The first-order valence-electron chi connectivity index (χ1n) is 3.78. The minimum Gasteiger partial charge on any atom is -0.289 e. The number of nitrogens with zero attached hydrogens (tertiary/aromatic N) is 1. The van der Waals surface area contributed by atoms with Crippen molar-refractivity contribution in [3.63, 3.8) is 0 Å². The molecule has 1 rings (SSSR count). The van der Waals surface area contributed by atoms with Crippen molar-refractivity contribution in [3.8, 4) is 0 Å². The zero-order chi connectivity index (χ0) is 9.19. The van der Waals surface area contributed by atoms with E-state index in [0.717, 1.165) is 0 Å². The second-order valence-corrected chi connectivity index (χ2v) is 6.12. The molecule has 72 valence electrons. The molecule has 0 aliphatic carbocycles. The van der Waals surface area contributed by atoms with E-state index in [2.05, 4.69) is 25.3 Å². The van der Waals surface area contributed by atoms with E-state index in [-0.39, 0.29) is 16.9 Å². The van der Waals surface area contributed by atoms with Crippen LogP contribution in [0, 0.1) is 0 Å². The van der Waals surface area contributed by atoms with Crippen molar-refractivity contribution in [2.75, 3.05) is 30.3 Å². The molecule has 0 aromatic carbocycles. The van der Waals surface area contributed by atoms with E-state index < -0.39 is 9.84 Å². The van der Waals surface area contributed by atoms with Gasteiger partial charge in [-0.1, -0.05) is 0 Å². The second-order valence-electron chi connectivity index (χ2n) is 2.85. The number of thiol groups is 2. The van der Waals surface area contributed by atoms with E-state index in [1.165, 1.54) is 0 Å². The third-order valence-electron chi connectivity index (χ3n) is 1.96. The average Bonchev–Trinajstić information content (AvgIpc) is 2.03. The number of hydrogen-bond donors (Lipinski definition) is 2. The molecule has 0 spiro atoms. The summed E-state index contributed by atoms with van der Waals surface area (Å²) in [4.78, 5) is 2.04. The molecule has 1 heterocycles. The van der Waals surface area contributed by atoms with Crippen LogP contribution in [0.15, 0.2) is 0 Å². The molecular weight excluding hydrogens is 214 g/mol. The number of rotatable bonds is 2. The Morgan fingerprint density at radius 3 is 2.25 bits per heavy atom. The topological polar surface area (TPSA) is 37.4 Å². The first-order chi connectivity index (χ1) is 5.55. The molecule has 1 aliphatic rings. The van der Waals surface area contributed by atoms with Crippen LogP contribution in [0.1, 0.15) is 0 Å². The maximum Gasteiger partial charge on any atom is 0.152 e. The van der Waals surface area contributed by atoms with E-state index in [1.807, 2.05) is 4.90 Å². The fourth-order valence-electron chi connectivity index (χ4n) is 1.14. The zero-order valence-electron chi connectivity index (χ0n) is 6.68. The molecular formula is C6H13NO2S3. The van der Waals surface area contributed by atoms with Crippen molar-refractivity contribution in [3.05, 3.63) is 0 Å². The van der Waals surface area contributed by atoms with Crippen LogP contribution < -0.4 is 0 Å². The molecule has 0 saturated carbocycles. The van der Waals surface area contributed by atoms with Crippen LogP contribution >= 0.6 is 25.3 Å². The standard InChI is InChI=1S/C6H13NO2S3/c8-12(9)3-1-7(2-4-12)6(11)5-10/h6,10-11H,1-5H2. The fraction of sp³-hybridized carbons (Fsp3) is 1.00. The van der Waals surface area contributed by atoms with E-state index >= 15 is 0 Å². The smallest absolute Gasteiger partial charge is 0.152 e. The minimum atomic E-state index is -2.76. The summed E-state index contributed by atoms with van der Waals surface area (Å²) < 4.78 is 22.1. The van der Waals surface area contributed by atoms with Gasteiger partial charge in [-0.25, -0.2) is 8.42 Å². The highest BCUT2D eigenvalue weighted by atomic mass is 32.2. The lowest BCUT2D eigenvalue weighted by Crippen LogP contribution is -2.44. The van der Waals surface area contributed by atoms with Crippen molar-refractivity contribution < 1.29 is 8.42 Å². The largest absolute Gasteiger partial charge is 0.289 e. The summed E-state index contributed by atoms with van der Waals surface area (Å²) >= 11 is 8.39. The van der Waals surface area contributed by atoms with Gasteiger partial charge in [0.15, 0.2) is 9.84 Å². The number of sulfone groups is 1. The predicted molar refractivity (Wildman–Crippen MR) is 56.9 cm³/mol. The van der Waals surface area contributed by atoms with Gasteiger partial charge in [-0.3, -0.25) is 4.90 Å². The quantitative estimate of drug-likeness (QED) is 0.647. The van der Waals surface area contributed by atoms with Crippen molar-refractivity contribution in [2.24, 2.45) is 0 Å². The monoisotopic (exact) mass is 227 g/mol. The summed E-state index contributed by atoms with van der Waals surface area (Å²) in [7, 11) is -2.76. The van der Waals surface area contributed by atoms with Gasteiger partial charge in [0.05, 0.1) is 16.9 Å². The Hall–Kier alpha value is 0.610. The highest BCUT2D eigenvalue weighted by molar-refractivity contribution is 7.91. The van der Waals surface area contributed by atoms with E-state index in [4.69, 9.17) is 0 Å². The predicted octanol–water partition coefficient (Wildman–Crippen LogP) is -0.0975. The van der Waals surface area contributed by atoms with Crippen molar-refractivity contribution in [2.45, 2.75) is 5.37 Å². The lowest BCUT2D eigenvalue weighted by molar-refractivity contribution is 0.293. The van der Waals surface area contributed by atoms with Crippen LogP contribution in [0.25, 0.3) is 0 Å². The normalized spacial score (nSPS) is 26.8. The van der Waals surface area contributed by atoms with E-state index in [9.17, 15) is 8.42 Å². The van der Waals surface area contributed by atoms with Crippen LogP contribution in [-0.4, -0.2) is 49.0 Å². The fourth-order valence-corrected chi connectivity index (χ4v) is 2.83. The van der Waals surface area contributed by atoms with Crippen LogP contribution in [-0.2, 0) is 9.84 Å². The molecule has 1 atom stereocenters. The summed E-state index contributed by atoms with van der Waals surface area (Å²) in [5.74, 6) is 1.18. The summed E-state index contributed by atoms with van der Waals surface area (Å²) in [6, 6.07) is 0. The first kappa shape index (κ1) is 10.7. The highest BCUT2D eigenvalue weighted by Gasteiger charge is 2.24. The SMILES string of the molecule is O=S1(=O)CCN(C(S)CS)CC1. The molecule has 6 heteroatoms. The first-order valence-corrected chi connectivity index (χ1v) is 6.75. The van der Waals surface area contributed by atoms with Crippen LogP contribution in [0.5, 0.6) is 0 Å². The molecule has 3 nitrogen and oxygen atoms in total. The third-order valence-corrected chi connectivity index (χ3v) is 4.72. The average molecular weight is 227 g/mol. The van der Waals surface area contributed by atoms with Crippen LogP contribution in [0.4, 0.5) is 0 Å². The van der Waals surface area contributed by atoms with Crippen molar-refractivity contribution >= 4 is 35.1 Å². The third kappa shape index (κ3) is 2.83. The molecule has 1 unspecified atom stereocenters. The van der Waals surface area contributed by atoms with Gasteiger partial charge in [-0.2, -0.15) is 25.3 Å². The molecule has 1 aliphatic heterocycles. The van der Waals surface area contributed by atoms with Crippen LogP contribution in [0.3, 0.4) is 0 Å². The molecule has 0 aromatic rings. The van der Waals surface area contributed by atoms with Crippen molar-refractivity contribution in [1.29, 1.82) is 0 Å². The molecule has 0 bridgehead atoms. The molecule has 1 fully saturated rings. The van der Waals surface area contributed by atoms with E-state index in [0.29, 0.717) is 18.8 Å². The van der Waals surface area contributed by atoms with Gasteiger partial charge in [0.1, 0.15) is 0 Å². The Morgan fingerprint density at radius 1 is 1.33 bits per heavy atom. The lowest BCUT2D eigenvalue weighted by atomic mass is 10.5. The minimum absolute atomic E-state index is 0.0869. The lowest BCUT2D eigenvalue weighted by Gasteiger charge is -2.30. The second kappa shape index (κ2) is 4.21. The van der Waals surface area contributed by atoms with E-state index in [1.54, 1.807) is 0 Å². The molecule has 1 saturated heterocycles. The zero-order valence-corrected chi connectivity index (χ0v) is 9.28. The van der Waals surface area contributed by atoms with Crippen LogP contribution in [0.2, 0.25) is 0 Å². The summed E-state index contributed by atoms with van der Waals surface area (Å²) in [6.07, 6.45) is 0. The maximum atomic E-state index is 11.0. The van der Waals surface area contributed by atoms with Crippen molar-refractivity contribution in [1.82, 2.24) is 4.90 Å². The Morgan fingerprint density at radius 2 is 1.83 bits per heavy atom. The van der Waals surface area contributed by atoms with Gasteiger partial charge in [0.2, 0.25) is 0 Å². The van der Waals surface area contributed by atoms with Gasteiger partial charge < -0.3 is 0 Å². The van der Waals surface area contributed by atoms with Gasteiger partial charge in [-0.15, -0.1) is 0 Å². The Labute approximate surface area is 84.3 Å². The Kier molecular flexibility index (Phi) is 3.75. The molecule has 0 N–H and O–H groups in total. The molecule has 12 heavy (non-hydrogen) atoms. The maximum absolute atomic E-state index is 11.0. The molecule has 0 aromatic heterocycles. The number of hydrogen-bond acceptors (Lipinski definition) is 5. The summed E-state index contributed by atoms with van der Waals surface area (Å²) in [6.45, 7) is 1.19. The van der Waals surface area contributed by atoms with Gasteiger partial charge >= 0.3 is 0 Å². The molecule has 0 radical (unpaired) electrons. The van der Waals surface area contributed by atoms with Gasteiger partial charge in [0.25, 0.3) is 0 Å². The van der Waals surface area contributed by atoms with Gasteiger partial charge in [0, 0.05) is 18.8 Å². The Bertz CT molecular complexity index is 225. The molecule has 0 amide bonds. The Balaban J connectivity index is 2.46. The summed E-state index contributed by atoms with van der Waals surface area (Å²) in [5, 5.41) is 0.0869. The van der Waals surface area contributed by atoms with Gasteiger partial charge in [-0.05, 0) is 0 Å². The summed E-state index contributed by atoms with van der Waals surface area (Å²) in [5.41, 5.74) is 0. The highest BCUT2D eigenvalue weighted by Crippen LogP contribution is 2.11.